The predicted molar refractivity (Wildman–Crippen MR) is 138 cm³/mol. The molecule has 0 spiro atoms. The third kappa shape index (κ3) is 6.82. The standard InChI is InChI=1S/C26H22BrF3N5O2.W/c1-15-8-10-32-21(13-31-9-4-7-23(36)26(28,29)30)19(15)14-37-22-6-3-5-17-18(11-16(2)34-25(17)22)24-20(27)12-33-35-24;/h3-12H,13-14H2,1-2H3,(H2-,31,33,34,35,36);/q-1;. The molecule has 0 radical (unpaired) electrons. The zero-order valence-electron chi connectivity index (χ0n) is 20.3. The zero-order valence-corrected chi connectivity index (χ0v) is 24.8. The number of alkyl halides is 3. The van der Waals surface area contributed by atoms with Crippen molar-refractivity contribution >= 4 is 26.8 Å². The summed E-state index contributed by atoms with van der Waals surface area (Å²) < 4.78 is 44.1. The van der Waals surface area contributed by atoms with E-state index in [1.54, 1.807) is 12.4 Å². The summed E-state index contributed by atoms with van der Waals surface area (Å²) in [7, 11) is 0. The van der Waals surface area contributed by atoms with Gasteiger partial charge < -0.3 is 15.2 Å². The van der Waals surface area contributed by atoms with Gasteiger partial charge in [-0.05, 0) is 59.6 Å². The molecular weight excluding hydrogens is 735 g/mol. The molecule has 0 aliphatic carbocycles. The van der Waals surface area contributed by atoms with Gasteiger partial charge in [-0.25, -0.2) is 4.98 Å². The van der Waals surface area contributed by atoms with Crippen LogP contribution in [-0.4, -0.2) is 31.4 Å². The van der Waals surface area contributed by atoms with Crippen LogP contribution in [0.1, 0.15) is 22.5 Å². The van der Waals surface area contributed by atoms with E-state index in [0.717, 1.165) is 44.0 Å². The number of aliphatic hydroxyl groups is 1. The summed E-state index contributed by atoms with van der Waals surface area (Å²) in [6, 6.07) is 9.53. The summed E-state index contributed by atoms with van der Waals surface area (Å²) in [5, 5.41) is 21.1. The number of hydrogen-bond donors (Lipinski definition) is 2. The molecule has 12 heteroatoms. The van der Waals surface area contributed by atoms with E-state index in [2.05, 4.69) is 36.4 Å². The average molecular weight is 757 g/mol. The number of halogens is 4. The van der Waals surface area contributed by atoms with Crippen LogP contribution in [0.2, 0.25) is 0 Å². The van der Waals surface area contributed by atoms with Crippen LogP contribution in [0.5, 0.6) is 5.75 Å². The zero-order chi connectivity index (χ0) is 26.6. The molecule has 0 fully saturated rings. The van der Waals surface area contributed by atoms with Crippen molar-refractivity contribution in [2.24, 2.45) is 0 Å². The van der Waals surface area contributed by atoms with Gasteiger partial charge in [0.1, 0.15) is 17.9 Å². The molecule has 0 aliphatic rings. The van der Waals surface area contributed by atoms with Gasteiger partial charge in [-0.1, -0.05) is 24.8 Å². The van der Waals surface area contributed by atoms with Gasteiger partial charge in [0.2, 0.25) is 0 Å². The molecule has 3 aromatic heterocycles. The van der Waals surface area contributed by atoms with E-state index in [1.165, 1.54) is 6.20 Å². The minimum Gasteiger partial charge on any atom is -0.686 e. The van der Waals surface area contributed by atoms with E-state index < -0.39 is 11.9 Å². The molecule has 3 heterocycles. The van der Waals surface area contributed by atoms with Crippen LogP contribution < -0.4 is 4.74 Å². The minimum atomic E-state index is -4.79. The maximum absolute atomic E-state index is 12.4. The number of pyridine rings is 2. The molecule has 0 amide bonds. The molecule has 0 aliphatic heterocycles. The number of hydrogen-bond acceptors (Lipinski definition) is 5. The summed E-state index contributed by atoms with van der Waals surface area (Å²) >= 11 is 3.52. The number of aromatic amines is 1. The Balaban J connectivity index is 0.00000400. The number of para-hydroxylation sites is 1. The summed E-state index contributed by atoms with van der Waals surface area (Å²) in [5.74, 6) is -1.10. The molecule has 4 rings (SSSR count). The van der Waals surface area contributed by atoms with Gasteiger partial charge in [-0.3, -0.25) is 10.1 Å². The monoisotopic (exact) mass is 756 g/mol. The number of allylic oxidation sites excluding steroid dienone is 3. The molecule has 198 valence electrons. The second-order valence-electron chi connectivity index (χ2n) is 8.13. The topological polar surface area (TPSA) is 98.0 Å². The average Bonchev–Trinajstić information content (AvgIpc) is 3.27. The number of aryl methyl sites for hydroxylation is 2. The van der Waals surface area contributed by atoms with Gasteiger partial charge in [0.05, 0.1) is 16.4 Å². The number of H-pyrrole nitrogens is 1. The first kappa shape index (κ1) is 29.4. The van der Waals surface area contributed by atoms with E-state index in [0.29, 0.717) is 23.0 Å². The second-order valence-corrected chi connectivity index (χ2v) is 8.98. The Bertz CT molecular complexity index is 1490. The molecular formula is C26H22BrF3N5O2W-. The molecule has 4 aromatic rings. The van der Waals surface area contributed by atoms with Gasteiger partial charge in [-0.15, -0.1) is 0 Å². The first-order valence-electron chi connectivity index (χ1n) is 11.1. The summed E-state index contributed by atoms with van der Waals surface area (Å²) in [6.07, 6.45) is 1.29. The fourth-order valence-corrected chi connectivity index (χ4v) is 4.10. The van der Waals surface area contributed by atoms with E-state index in [9.17, 15) is 13.2 Å². The largest absolute Gasteiger partial charge is 0.686 e. The van der Waals surface area contributed by atoms with Crippen molar-refractivity contribution in [1.82, 2.24) is 20.2 Å². The molecule has 38 heavy (non-hydrogen) atoms. The summed E-state index contributed by atoms with van der Waals surface area (Å²) in [4.78, 5) is 9.08. The maximum atomic E-state index is 12.4. The number of aliphatic hydroxyl groups excluding tert-OH is 1. The Labute approximate surface area is 239 Å². The first-order chi connectivity index (χ1) is 17.6. The molecule has 7 nitrogen and oxygen atoms in total. The van der Waals surface area contributed by atoms with Crippen LogP contribution in [0.15, 0.2) is 71.3 Å². The van der Waals surface area contributed by atoms with Crippen LogP contribution in [0.3, 0.4) is 0 Å². The number of ether oxygens (including phenoxy) is 1. The van der Waals surface area contributed by atoms with Crippen molar-refractivity contribution in [3.05, 3.63) is 99.1 Å². The quantitative estimate of drug-likeness (QED) is 0.145. The van der Waals surface area contributed by atoms with Crippen molar-refractivity contribution in [2.75, 3.05) is 0 Å². The van der Waals surface area contributed by atoms with Crippen molar-refractivity contribution in [1.29, 1.82) is 0 Å². The molecule has 0 saturated carbocycles. The molecule has 0 bridgehead atoms. The van der Waals surface area contributed by atoms with Crippen molar-refractivity contribution in [3.8, 4) is 17.0 Å². The fraction of sp³-hybridized carbons (Fsp3) is 0.192. The smallest absolute Gasteiger partial charge is 0.448 e. The van der Waals surface area contributed by atoms with Crippen molar-refractivity contribution in [3.63, 3.8) is 0 Å². The summed E-state index contributed by atoms with van der Waals surface area (Å²) in [5.41, 5.74) is 5.67. The number of fused-ring (bicyclic) bond motifs is 1. The molecule has 0 atom stereocenters. The number of nitrogens with zero attached hydrogens (tertiary/aromatic N) is 4. The second kappa shape index (κ2) is 12.6. The van der Waals surface area contributed by atoms with Crippen LogP contribution in [0.25, 0.3) is 27.5 Å². The third-order valence-electron chi connectivity index (χ3n) is 5.52. The molecule has 1 aromatic carbocycles. The van der Waals surface area contributed by atoms with E-state index in [4.69, 9.17) is 14.8 Å². The number of aromatic nitrogens is 4. The summed E-state index contributed by atoms with van der Waals surface area (Å²) in [6.45, 7) is 4.15. The van der Waals surface area contributed by atoms with Crippen molar-refractivity contribution < 1.29 is 44.1 Å². The molecule has 2 N–H and O–H groups in total. The van der Waals surface area contributed by atoms with E-state index in [1.807, 2.05) is 44.2 Å². The SMILES string of the molecule is Cc1cc(-c2[nH]ncc2Br)c2cccc(OCc3c(C)ccnc3C[N-]/C=C\C=C(/O)C(F)(F)F)c2n1.[W]. The molecule has 0 unspecified atom stereocenters. The number of rotatable bonds is 8. The van der Waals surface area contributed by atoms with Crippen molar-refractivity contribution in [2.45, 2.75) is 33.2 Å². The van der Waals surface area contributed by atoms with Crippen LogP contribution in [-0.2, 0) is 34.2 Å². The van der Waals surface area contributed by atoms with Gasteiger partial charge >= 0.3 is 6.18 Å². The third-order valence-corrected chi connectivity index (χ3v) is 6.12. The van der Waals surface area contributed by atoms with Crippen LogP contribution in [0.4, 0.5) is 13.2 Å². The van der Waals surface area contributed by atoms with E-state index in [-0.39, 0.29) is 34.2 Å². The fourth-order valence-electron chi connectivity index (χ4n) is 3.69. The Morgan fingerprint density at radius 1 is 1.24 bits per heavy atom. The van der Waals surface area contributed by atoms with Crippen LogP contribution in [0, 0.1) is 13.8 Å². The predicted octanol–water partition coefficient (Wildman–Crippen LogP) is 7.37. The Hall–Kier alpha value is -3.17. The normalized spacial score (nSPS) is 12.1. The van der Waals surface area contributed by atoms with Gasteiger partial charge in [0.15, 0.2) is 5.76 Å². The Morgan fingerprint density at radius 2 is 2.03 bits per heavy atom. The van der Waals surface area contributed by atoms with Gasteiger partial charge in [0.25, 0.3) is 0 Å². The van der Waals surface area contributed by atoms with Crippen LogP contribution >= 0.6 is 15.9 Å². The van der Waals surface area contributed by atoms with E-state index >= 15 is 0 Å². The van der Waals surface area contributed by atoms with Gasteiger partial charge in [0, 0.05) is 55.2 Å². The number of nitrogens with one attached hydrogen (secondary N) is 1. The maximum Gasteiger partial charge on any atom is 0.448 e. The Kier molecular flexibility index (Phi) is 9.73. The first-order valence-corrected chi connectivity index (χ1v) is 11.9. The van der Waals surface area contributed by atoms with Gasteiger partial charge in [-0.2, -0.15) is 24.5 Å². The Morgan fingerprint density at radius 3 is 2.74 bits per heavy atom. The number of benzene rings is 1. The minimum absolute atomic E-state index is 0. The molecule has 0 saturated heterocycles.